The van der Waals surface area contributed by atoms with Crippen LogP contribution >= 0.6 is 0 Å². The minimum atomic E-state index is -1.09. The SMILES string of the molecule is Cc1cc(C(=O)NC2(C(=O)O)CC2)cc(C)c1OCc1cccnc1. The van der Waals surface area contributed by atoms with Crippen LogP contribution in [0.25, 0.3) is 0 Å². The maximum absolute atomic E-state index is 12.4. The summed E-state index contributed by atoms with van der Waals surface area (Å²) in [6.45, 7) is 4.13. The van der Waals surface area contributed by atoms with E-state index in [9.17, 15) is 14.7 Å². The number of pyridine rings is 1. The van der Waals surface area contributed by atoms with Gasteiger partial charge in [0.25, 0.3) is 5.91 Å². The van der Waals surface area contributed by atoms with Crippen molar-refractivity contribution in [2.24, 2.45) is 0 Å². The van der Waals surface area contributed by atoms with E-state index >= 15 is 0 Å². The first-order chi connectivity index (χ1) is 11.9. The fraction of sp³-hybridized carbons (Fsp3) is 0.316. The van der Waals surface area contributed by atoms with Crippen LogP contribution in [-0.2, 0) is 11.4 Å². The van der Waals surface area contributed by atoms with Crippen molar-refractivity contribution in [2.75, 3.05) is 0 Å². The number of carbonyl (C=O) groups excluding carboxylic acids is 1. The highest BCUT2D eigenvalue weighted by Crippen LogP contribution is 2.36. The van der Waals surface area contributed by atoms with Gasteiger partial charge in [0.15, 0.2) is 0 Å². The molecule has 25 heavy (non-hydrogen) atoms. The van der Waals surface area contributed by atoms with Crippen LogP contribution in [0.2, 0.25) is 0 Å². The van der Waals surface area contributed by atoms with E-state index in [0.29, 0.717) is 25.0 Å². The molecule has 1 aromatic heterocycles. The Kier molecular flexibility index (Phi) is 4.44. The van der Waals surface area contributed by atoms with Crippen LogP contribution in [0, 0.1) is 13.8 Å². The fourth-order valence-corrected chi connectivity index (χ4v) is 2.75. The molecule has 1 aromatic carbocycles. The van der Waals surface area contributed by atoms with E-state index in [2.05, 4.69) is 10.3 Å². The van der Waals surface area contributed by atoms with Gasteiger partial charge in [0, 0.05) is 23.5 Å². The highest BCUT2D eigenvalue weighted by molar-refractivity contribution is 5.99. The number of hydrogen-bond acceptors (Lipinski definition) is 4. The van der Waals surface area contributed by atoms with E-state index in [0.717, 1.165) is 22.4 Å². The van der Waals surface area contributed by atoms with Crippen molar-refractivity contribution in [3.8, 4) is 5.75 Å². The van der Waals surface area contributed by atoms with Crippen LogP contribution in [0.1, 0.15) is 39.9 Å². The average Bonchev–Trinajstić information content (AvgIpc) is 3.36. The number of rotatable bonds is 6. The van der Waals surface area contributed by atoms with Crippen molar-refractivity contribution in [3.63, 3.8) is 0 Å². The van der Waals surface area contributed by atoms with Crippen molar-refractivity contribution in [1.82, 2.24) is 10.3 Å². The lowest BCUT2D eigenvalue weighted by molar-refractivity contribution is -0.140. The van der Waals surface area contributed by atoms with Gasteiger partial charge >= 0.3 is 5.97 Å². The molecule has 3 rings (SSSR count). The predicted octanol–water partition coefficient (Wildman–Crippen LogP) is 2.62. The molecule has 130 valence electrons. The third-order valence-electron chi connectivity index (χ3n) is 4.34. The van der Waals surface area contributed by atoms with Gasteiger partial charge in [-0.15, -0.1) is 0 Å². The highest BCUT2D eigenvalue weighted by atomic mass is 16.5. The molecule has 1 saturated carbocycles. The predicted molar refractivity (Wildman–Crippen MR) is 91.6 cm³/mol. The summed E-state index contributed by atoms with van der Waals surface area (Å²) in [6, 6.07) is 7.22. The minimum absolute atomic E-state index is 0.370. The molecular formula is C19H20N2O4. The van der Waals surface area contributed by atoms with Gasteiger partial charge in [0.1, 0.15) is 17.9 Å². The van der Waals surface area contributed by atoms with Gasteiger partial charge in [0.2, 0.25) is 0 Å². The molecule has 2 aromatic rings. The van der Waals surface area contributed by atoms with Crippen LogP contribution in [0.15, 0.2) is 36.7 Å². The molecule has 0 radical (unpaired) electrons. The highest BCUT2D eigenvalue weighted by Gasteiger charge is 2.51. The summed E-state index contributed by atoms with van der Waals surface area (Å²) in [7, 11) is 0. The molecular weight excluding hydrogens is 320 g/mol. The standard InChI is InChI=1S/C19H20N2O4/c1-12-8-15(17(22)21-19(5-6-19)18(23)24)9-13(2)16(12)25-11-14-4-3-7-20-10-14/h3-4,7-10H,5-6,11H2,1-2H3,(H,21,22)(H,23,24). The first-order valence-electron chi connectivity index (χ1n) is 8.10. The van der Waals surface area contributed by atoms with Gasteiger partial charge in [-0.05, 0) is 56.0 Å². The second-order valence-electron chi connectivity index (χ2n) is 6.43. The van der Waals surface area contributed by atoms with E-state index in [4.69, 9.17) is 4.74 Å². The summed E-state index contributed by atoms with van der Waals surface area (Å²) in [4.78, 5) is 27.6. The number of aromatic nitrogens is 1. The lowest BCUT2D eigenvalue weighted by atomic mass is 10.0. The van der Waals surface area contributed by atoms with Crippen LogP contribution in [0.3, 0.4) is 0 Å². The topological polar surface area (TPSA) is 88.5 Å². The number of amides is 1. The molecule has 1 aliphatic rings. The zero-order valence-electron chi connectivity index (χ0n) is 14.2. The molecule has 1 fully saturated rings. The molecule has 1 aliphatic carbocycles. The summed E-state index contributed by atoms with van der Waals surface area (Å²) in [6.07, 6.45) is 4.39. The third-order valence-corrected chi connectivity index (χ3v) is 4.34. The molecule has 0 spiro atoms. The molecule has 6 heteroatoms. The number of carbonyl (C=O) groups is 2. The van der Waals surface area contributed by atoms with Crippen LogP contribution in [0.4, 0.5) is 0 Å². The molecule has 1 amide bonds. The summed E-state index contributed by atoms with van der Waals surface area (Å²) in [5, 5.41) is 11.8. The molecule has 2 N–H and O–H groups in total. The molecule has 0 bridgehead atoms. The van der Waals surface area contributed by atoms with Crippen molar-refractivity contribution in [2.45, 2.75) is 38.8 Å². The summed E-state index contributed by atoms with van der Waals surface area (Å²) in [5.41, 5.74) is 1.97. The maximum atomic E-state index is 12.4. The summed E-state index contributed by atoms with van der Waals surface area (Å²) in [5.74, 6) is -0.629. The first kappa shape index (κ1) is 17.0. The lowest BCUT2D eigenvalue weighted by Gasteiger charge is -2.16. The van der Waals surface area contributed by atoms with E-state index in [1.54, 1.807) is 24.5 Å². The number of carboxylic acids is 1. The van der Waals surface area contributed by atoms with Gasteiger partial charge < -0.3 is 15.2 Å². The number of hydrogen-bond donors (Lipinski definition) is 2. The lowest BCUT2D eigenvalue weighted by Crippen LogP contribution is -2.43. The number of ether oxygens (including phenoxy) is 1. The normalized spacial score (nSPS) is 14.6. The summed E-state index contributed by atoms with van der Waals surface area (Å²) >= 11 is 0. The molecule has 0 aliphatic heterocycles. The minimum Gasteiger partial charge on any atom is -0.488 e. The average molecular weight is 340 g/mol. The zero-order chi connectivity index (χ0) is 18.0. The van der Waals surface area contributed by atoms with E-state index < -0.39 is 11.5 Å². The van der Waals surface area contributed by atoms with Crippen LogP contribution in [0.5, 0.6) is 5.75 Å². The van der Waals surface area contributed by atoms with Gasteiger partial charge in [-0.1, -0.05) is 6.07 Å². The van der Waals surface area contributed by atoms with Crippen molar-refractivity contribution in [3.05, 3.63) is 58.9 Å². The largest absolute Gasteiger partial charge is 0.488 e. The quantitative estimate of drug-likeness (QED) is 0.844. The monoisotopic (exact) mass is 340 g/mol. The Bertz CT molecular complexity index is 790. The van der Waals surface area contributed by atoms with Crippen molar-refractivity contribution < 1.29 is 19.4 Å². The number of aryl methyl sites for hydroxylation is 2. The Morgan fingerprint density at radius 2 is 1.96 bits per heavy atom. The Labute approximate surface area is 145 Å². The third kappa shape index (κ3) is 3.63. The van der Waals surface area contributed by atoms with Gasteiger partial charge in [0.05, 0.1) is 0 Å². The number of carboxylic acid groups (broad SMARTS) is 1. The van der Waals surface area contributed by atoms with E-state index in [1.807, 2.05) is 26.0 Å². The van der Waals surface area contributed by atoms with E-state index in [-0.39, 0.29) is 5.91 Å². The Balaban J connectivity index is 1.73. The van der Waals surface area contributed by atoms with Gasteiger partial charge in [-0.25, -0.2) is 4.79 Å². The smallest absolute Gasteiger partial charge is 0.329 e. The number of nitrogens with one attached hydrogen (secondary N) is 1. The van der Waals surface area contributed by atoms with E-state index in [1.165, 1.54) is 0 Å². The Hall–Kier alpha value is -2.89. The molecule has 0 saturated heterocycles. The van der Waals surface area contributed by atoms with Crippen LogP contribution in [-0.4, -0.2) is 27.5 Å². The fourth-order valence-electron chi connectivity index (χ4n) is 2.75. The first-order valence-corrected chi connectivity index (χ1v) is 8.10. The van der Waals surface area contributed by atoms with Gasteiger partial charge in [-0.3, -0.25) is 9.78 Å². The number of aliphatic carboxylic acids is 1. The van der Waals surface area contributed by atoms with Crippen molar-refractivity contribution in [1.29, 1.82) is 0 Å². The molecule has 1 heterocycles. The number of nitrogens with zero attached hydrogens (tertiary/aromatic N) is 1. The molecule has 6 nitrogen and oxygen atoms in total. The summed E-state index contributed by atoms with van der Waals surface area (Å²) < 4.78 is 5.87. The molecule has 0 unspecified atom stereocenters. The maximum Gasteiger partial charge on any atom is 0.329 e. The second kappa shape index (κ2) is 6.55. The zero-order valence-corrected chi connectivity index (χ0v) is 14.2. The Morgan fingerprint density at radius 3 is 2.48 bits per heavy atom. The van der Waals surface area contributed by atoms with Gasteiger partial charge in [-0.2, -0.15) is 0 Å². The van der Waals surface area contributed by atoms with Crippen LogP contribution < -0.4 is 10.1 Å². The van der Waals surface area contributed by atoms with Crippen molar-refractivity contribution >= 4 is 11.9 Å². The Morgan fingerprint density at radius 1 is 1.28 bits per heavy atom. The second-order valence-corrected chi connectivity index (χ2v) is 6.43. The molecule has 0 atom stereocenters. The number of benzene rings is 1.